The van der Waals surface area contributed by atoms with Gasteiger partial charge in [-0.05, 0) is 12.0 Å². The van der Waals surface area contributed by atoms with Crippen molar-refractivity contribution >= 4 is 5.97 Å². The van der Waals surface area contributed by atoms with Gasteiger partial charge in [0.05, 0.1) is 6.04 Å². The third-order valence-electron chi connectivity index (χ3n) is 2.36. The summed E-state index contributed by atoms with van der Waals surface area (Å²) in [6, 6.07) is 9.20. The molecule has 88 valence electrons. The highest BCUT2D eigenvalue weighted by atomic mass is 16.4. The van der Waals surface area contributed by atoms with Crippen molar-refractivity contribution in [2.45, 2.75) is 12.5 Å². The van der Waals surface area contributed by atoms with Crippen LogP contribution in [0.3, 0.4) is 0 Å². The number of carboxylic acids is 1. The van der Waals surface area contributed by atoms with Gasteiger partial charge in [-0.15, -0.1) is 0 Å². The predicted molar refractivity (Wildman–Crippen MR) is 60.5 cm³/mol. The fraction of sp³-hybridized carbons (Fsp3) is 0.167. The zero-order chi connectivity index (χ0) is 12.3. The van der Waals surface area contributed by atoms with E-state index in [0.717, 1.165) is 11.8 Å². The van der Waals surface area contributed by atoms with Crippen LogP contribution in [0.25, 0.3) is 0 Å². The number of hydrogen-bond donors (Lipinski definition) is 2. The van der Waals surface area contributed by atoms with E-state index < -0.39 is 12.0 Å². The number of carboxylic acid groups (broad SMARTS) is 1. The van der Waals surface area contributed by atoms with Crippen molar-refractivity contribution in [2.75, 3.05) is 0 Å². The van der Waals surface area contributed by atoms with Gasteiger partial charge in [0.15, 0.2) is 5.69 Å². The van der Waals surface area contributed by atoms with Gasteiger partial charge in [-0.3, -0.25) is 0 Å². The second kappa shape index (κ2) is 4.80. The number of nitrogens with zero attached hydrogens (tertiary/aromatic N) is 1. The molecule has 0 amide bonds. The summed E-state index contributed by atoms with van der Waals surface area (Å²) >= 11 is 0. The second-order valence-corrected chi connectivity index (χ2v) is 3.67. The van der Waals surface area contributed by atoms with E-state index in [1.807, 2.05) is 30.3 Å². The van der Waals surface area contributed by atoms with E-state index in [0.29, 0.717) is 6.42 Å². The number of nitrogens with two attached hydrogens (primary N) is 1. The van der Waals surface area contributed by atoms with Crippen LogP contribution in [0.15, 0.2) is 41.0 Å². The van der Waals surface area contributed by atoms with E-state index in [2.05, 4.69) is 4.98 Å². The Bertz CT molecular complexity index is 507. The maximum atomic E-state index is 10.6. The maximum absolute atomic E-state index is 10.6. The van der Waals surface area contributed by atoms with Crippen molar-refractivity contribution in [3.63, 3.8) is 0 Å². The summed E-state index contributed by atoms with van der Waals surface area (Å²) in [5.41, 5.74) is 6.82. The van der Waals surface area contributed by atoms with Crippen LogP contribution in [0, 0.1) is 0 Å². The first-order valence-electron chi connectivity index (χ1n) is 5.15. The molecule has 1 atom stereocenters. The molecule has 5 heteroatoms. The highest BCUT2D eigenvalue weighted by Gasteiger charge is 2.16. The third kappa shape index (κ3) is 2.70. The molecule has 3 N–H and O–H groups in total. The van der Waals surface area contributed by atoms with E-state index in [-0.39, 0.29) is 11.6 Å². The Labute approximate surface area is 97.9 Å². The number of oxazole rings is 1. The second-order valence-electron chi connectivity index (χ2n) is 3.67. The Balaban J connectivity index is 2.09. The van der Waals surface area contributed by atoms with Crippen LogP contribution in [0.2, 0.25) is 0 Å². The minimum atomic E-state index is -1.12. The summed E-state index contributed by atoms with van der Waals surface area (Å²) in [4.78, 5) is 14.4. The van der Waals surface area contributed by atoms with Gasteiger partial charge < -0.3 is 15.3 Å². The normalized spacial score (nSPS) is 12.3. The highest BCUT2D eigenvalue weighted by Crippen LogP contribution is 2.15. The average Bonchev–Trinajstić information content (AvgIpc) is 2.79. The first kappa shape index (κ1) is 11.3. The first-order chi connectivity index (χ1) is 8.16. The van der Waals surface area contributed by atoms with Gasteiger partial charge in [-0.2, -0.15) is 0 Å². The van der Waals surface area contributed by atoms with Crippen LogP contribution in [0.5, 0.6) is 0 Å². The summed E-state index contributed by atoms with van der Waals surface area (Å²) in [7, 11) is 0. The van der Waals surface area contributed by atoms with Crippen LogP contribution < -0.4 is 5.73 Å². The van der Waals surface area contributed by atoms with Crippen LogP contribution >= 0.6 is 0 Å². The molecule has 0 aliphatic heterocycles. The van der Waals surface area contributed by atoms with Gasteiger partial charge in [-0.1, -0.05) is 30.3 Å². The van der Waals surface area contributed by atoms with Crippen LogP contribution in [0.1, 0.15) is 28.0 Å². The molecule has 0 saturated carbocycles. The zero-order valence-corrected chi connectivity index (χ0v) is 9.04. The fourth-order valence-corrected chi connectivity index (χ4v) is 1.51. The molecule has 0 fully saturated rings. The Morgan fingerprint density at radius 3 is 2.71 bits per heavy atom. The topological polar surface area (TPSA) is 89.3 Å². The average molecular weight is 232 g/mol. The molecule has 2 aromatic rings. The van der Waals surface area contributed by atoms with Gasteiger partial charge in [-0.25, -0.2) is 9.78 Å². The van der Waals surface area contributed by atoms with Crippen molar-refractivity contribution in [3.05, 3.63) is 53.7 Å². The van der Waals surface area contributed by atoms with Crippen molar-refractivity contribution in [1.29, 1.82) is 0 Å². The molecule has 1 heterocycles. The van der Waals surface area contributed by atoms with E-state index >= 15 is 0 Å². The van der Waals surface area contributed by atoms with Gasteiger partial charge in [0, 0.05) is 0 Å². The van der Waals surface area contributed by atoms with Gasteiger partial charge >= 0.3 is 5.97 Å². The monoisotopic (exact) mass is 232 g/mol. The SMILES string of the molecule is N[C@@H](Cc1ccccc1)c1nc(C(=O)O)co1. The molecule has 2 rings (SSSR count). The third-order valence-corrected chi connectivity index (χ3v) is 2.36. The lowest BCUT2D eigenvalue weighted by atomic mass is 10.1. The number of carbonyl (C=O) groups is 1. The minimum Gasteiger partial charge on any atom is -0.476 e. The fourth-order valence-electron chi connectivity index (χ4n) is 1.51. The van der Waals surface area contributed by atoms with Crippen LogP contribution in [-0.4, -0.2) is 16.1 Å². The van der Waals surface area contributed by atoms with Gasteiger partial charge in [0.1, 0.15) is 6.26 Å². The summed E-state index contributed by atoms with van der Waals surface area (Å²) in [6.45, 7) is 0. The smallest absolute Gasteiger partial charge is 0.357 e. The lowest BCUT2D eigenvalue weighted by molar-refractivity contribution is 0.0690. The van der Waals surface area contributed by atoms with Gasteiger partial charge in [0.25, 0.3) is 0 Å². The predicted octanol–water partition coefficient (Wildman–Crippen LogP) is 1.62. The van der Waals surface area contributed by atoms with Crippen molar-refractivity contribution in [3.8, 4) is 0 Å². The van der Waals surface area contributed by atoms with Crippen molar-refractivity contribution in [1.82, 2.24) is 4.98 Å². The Morgan fingerprint density at radius 1 is 1.41 bits per heavy atom. The lowest BCUT2D eigenvalue weighted by Gasteiger charge is -2.06. The molecule has 0 saturated heterocycles. The number of hydrogen-bond acceptors (Lipinski definition) is 4. The Morgan fingerprint density at radius 2 is 2.12 bits per heavy atom. The van der Waals surface area contributed by atoms with E-state index in [1.54, 1.807) is 0 Å². The number of aromatic carboxylic acids is 1. The Hall–Kier alpha value is -2.14. The molecule has 0 aliphatic rings. The minimum absolute atomic E-state index is 0.122. The first-order valence-corrected chi connectivity index (χ1v) is 5.15. The van der Waals surface area contributed by atoms with Gasteiger partial charge in [0.2, 0.25) is 5.89 Å². The number of benzene rings is 1. The molecule has 5 nitrogen and oxygen atoms in total. The standard InChI is InChI=1S/C12H12N2O3/c13-9(6-8-4-2-1-3-5-8)11-14-10(7-17-11)12(15)16/h1-5,7,9H,6,13H2,(H,15,16)/t9-/m0/s1. The van der Waals surface area contributed by atoms with Crippen molar-refractivity contribution in [2.24, 2.45) is 5.73 Å². The zero-order valence-electron chi connectivity index (χ0n) is 9.04. The lowest BCUT2D eigenvalue weighted by Crippen LogP contribution is -2.14. The molecular weight excluding hydrogens is 220 g/mol. The van der Waals surface area contributed by atoms with E-state index in [1.165, 1.54) is 0 Å². The van der Waals surface area contributed by atoms with E-state index in [4.69, 9.17) is 15.3 Å². The molecule has 0 radical (unpaired) electrons. The largest absolute Gasteiger partial charge is 0.476 e. The van der Waals surface area contributed by atoms with Crippen molar-refractivity contribution < 1.29 is 14.3 Å². The molecule has 1 aromatic heterocycles. The highest BCUT2D eigenvalue weighted by molar-refractivity contribution is 5.84. The quantitative estimate of drug-likeness (QED) is 0.835. The molecule has 0 unspecified atom stereocenters. The number of rotatable bonds is 4. The molecular formula is C12H12N2O3. The molecule has 0 bridgehead atoms. The Kier molecular flexibility index (Phi) is 3.20. The van der Waals surface area contributed by atoms with Crippen LogP contribution in [0.4, 0.5) is 0 Å². The summed E-state index contributed by atoms with van der Waals surface area (Å²) in [6.07, 6.45) is 1.66. The molecule has 0 spiro atoms. The maximum Gasteiger partial charge on any atom is 0.357 e. The molecule has 0 aliphatic carbocycles. The summed E-state index contributed by atoms with van der Waals surface area (Å²) < 4.78 is 5.04. The number of aromatic nitrogens is 1. The molecule has 1 aromatic carbocycles. The molecule has 17 heavy (non-hydrogen) atoms. The van der Waals surface area contributed by atoms with Crippen LogP contribution in [-0.2, 0) is 6.42 Å². The summed E-state index contributed by atoms with van der Waals surface area (Å²) in [5.74, 6) is -0.877. The van der Waals surface area contributed by atoms with E-state index in [9.17, 15) is 4.79 Å². The summed E-state index contributed by atoms with van der Waals surface area (Å²) in [5, 5.41) is 8.71.